The lowest BCUT2D eigenvalue weighted by atomic mass is 9.76. The van der Waals surface area contributed by atoms with E-state index in [1.165, 1.54) is 0 Å². The van der Waals surface area contributed by atoms with Crippen LogP contribution in [0.25, 0.3) is 0 Å². The maximum Gasteiger partial charge on any atom is 0.291 e. The predicted molar refractivity (Wildman–Crippen MR) is 93.3 cm³/mol. The van der Waals surface area contributed by atoms with E-state index in [9.17, 15) is 4.79 Å². The van der Waals surface area contributed by atoms with Gasteiger partial charge in [-0.2, -0.15) is 0 Å². The molecule has 1 aromatic heterocycles. The Bertz CT molecular complexity index is 561. The van der Waals surface area contributed by atoms with E-state index in [4.69, 9.17) is 9.47 Å². The number of amides is 1. The van der Waals surface area contributed by atoms with Gasteiger partial charge in [0.05, 0.1) is 13.2 Å². The number of ether oxygens (including phenoxy) is 2. The standard InChI is InChI=1S/C18H28N4O3/c1-24-11-10-22-14-18(12-15(22)13-25-2)4-8-21(9-5-18)17(23)16-19-6-3-7-20-16/h3,6-7,15H,4-5,8-14H2,1-2H3. The second kappa shape index (κ2) is 8.21. The summed E-state index contributed by atoms with van der Waals surface area (Å²) in [7, 11) is 3.51. The zero-order valence-electron chi connectivity index (χ0n) is 15.2. The van der Waals surface area contributed by atoms with E-state index in [1.54, 1.807) is 32.7 Å². The number of rotatable bonds is 6. The van der Waals surface area contributed by atoms with Gasteiger partial charge in [-0.3, -0.25) is 9.69 Å². The first-order valence-electron chi connectivity index (χ1n) is 8.96. The topological polar surface area (TPSA) is 67.8 Å². The maximum atomic E-state index is 12.5. The van der Waals surface area contributed by atoms with E-state index in [1.807, 2.05) is 4.90 Å². The highest BCUT2D eigenvalue weighted by atomic mass is 16.5. The summed E-state index contributed by atoms with van der Waals surface area (Å²) in [6.07, 6.45) is 6.41. The highest BCUT2D eigenvalue weighted by Gasteiger charge is 2.45. The summed E-state index contributed by atoms with van der Waals surface area (Å²) in [5.74, 6) is 0.238. The number of piperidine rings is 1. The van der Waals surface area contributed by atoms with Crippen LogP contribution in [0.1, 0.15) is 29.9 Å². The highest BCUT2D eigenvalue weighted by molar-refractivity contribution is 5.90. The second-order valence-electron chi connectivity index (χ2n) is 7.14. The van der Waals surface area contributed by atoms with Crippen LogP contribution in [-0.4, -0.2) is 85.3 Å². The molecule has 1 aromatic rings. The van der Waals surface area contributed by atoms with Crippen molar-refractivity contribution in [3.05, 3.63) is 24.3 Å². The van der Waals surface area contributed by atoms with Crippen molar-refractivity contribution in [1.82, 2.24) is 19.8 Å². The fraction of sp³-hybridized carbons (Fsp3) is 0.722. The minimum atomic E-state index is -0.0573. The van der Waals surface area contributed by atoms with E-state index >= 15 is 0 Å². The lowest BCUT2D eigenvalue weighted by Gasteiger charge is -2.39. The third-order valence-corrected chi connectivity index (χ3v) is 5.53. The molecular formula is C18H28N4O3. The van der Waals surface area contributed by atoms with Crippen LogP contribution in [0.5, 0.6) is 0 Å². The molecule has 138 valence electrons. The third kappa shape index (κ3) is 4.16. The minimum Gasteiger partial charge on any atom is -0.383 e. The van der Waals surface area contributed by atoms with Crippen LogP contribution >= 0.6 is 0 Å². The van der Waals surface area contributed by atoms with Gasteiger partial charge < -0.3 is 14.4 Å². The molecule has 1 unspecified atom stereocenters. The Kier molecular flexibility index (Phi) is 5.98. The molecule has 2 fully saturated rings. The molecule has 0 N–H and O–H groups in total. The number of methoxy groups -OCH3 is 2. The molecule has 0 radical (unpaired) electrons. The van der Waals surface area contributed by atoms with Crippen LogP contribution in [-0.2, 0) is 9.47 Å². The molecule has 7 nitrogen and oxygen atoms in total. The summed E-state index contributed by atoms with van der Waals surface area (Å²) in [4.78, 5) is 25.1. The van der Waals surface area contributed by atoms with Crippen LogP contribution < -0.4 is 0 Å². The van der Waals surface area contributed by atoms with Crippen molar-refractivity contribution in [3.63, 3.8) is 0 Å². The molecule has 7 heteroatoms. The molecule has 1 amide bonds. The third-order valence-electron chi connectivity index (χ3n) is 5.53. The molecule has 0 aliphatic carbocycles. The normalized spacial score (nSPS) is 23.3. The van der Waals surface area contributed by atoms with E-state index in [-0.39, 0.29) is 11.3 Å². The summed E-state index contributed by atoms with van der Waals surface area (Å²) < 4.78 is 10.7. The molecule has 2 saturated heterocycles. The Hall–Kier alpha value is -1.57. The predicted octanol–water partition coefficient (Wildman–Crippen LogP) is 1.07. The Balaban J connectivity index is 1.60. The molecular weight excluding hydrogens is 320 g/mol. The molecule has 3 rings (SSSR count). The summed E-state index contributed by atoms with van der Waals surface area (Å²) in [6, 6.07) is 2.17. The van der Waals surface area contributed by atoms with E-state index < -0.39 is 0 Å². The Morgan fingerprint density at radius 1 is 1.24 bits per heavy atom. The van der Waals surface area contributed by atoms with Crippen LogP contribution in [0, 0.1) is 5.41 Å². The lowest BCUT2D eigenvalue weighted by Crippen LogP contribution is -2.44. The van der Waals surface area contributed by atoms with Crippen LogP contribution in [0.15, 0.2) is 18.5 Å². The quantitative estimate of drug-likeness (QED) is 0.766. The van der Waals surface area contributed by atoms with Gasteiger partial charge in [-0.15, -0.1) is 0 Å². The number of hydrogen-bond donors (Lipinski definition) is 0. The zero-order valence-corrected chi connectivity index (χ0v) is 15.2. The first kappa shape index (κ1) is 18.2. The Morgan fingerprint density at radius 2 is 1.96 bits per heavy atom. The van der Waals surface area contributed by atoms with Crippen LogP contribution in [0.3, 0.4) is 0 Å². The van der Waals surface area contributed by atoms with Gasteiger partial charge in [-0.25, -0.2) is 9.97 Å². The first-order chi connectivity index (χ1) is 12.2. The zero-order chi connectivity index (χ0) is 17.7. The highest BCUT2D eigenvalue weighted by Crippen LogP contribution is 2.43. The largest absolute Gasteiger partial charge is 0.383 e. The molecule has 3 heterocycles. The summed E-state index contributed by atoms with van der Waals surface area (Å²) in [5, 5.41) is 0. The number of carbonyl (C=O) groups is 1. The fourth-order valence-electron chi connectivity index (χ4n) is 4.18. The number of aromatic nitrogens is 2. The van der Waals surface area contributed by atoms with Gasteiger partial charge in [-0.05, 0) is 30.7 Å². The molecule has 1 atom stereocenters. The van der Waals surface area contributed by atoms with Crippen molar-refractivity contribution in [2.24, 2.45) is 5.41 Å². The average Bonchev–Trinajstić information content (AvgIpc) is 2.98. The molecule has 2 aliphatic rings. The summed E-state index contributed by atoms with van der Waals surface area (Å²) in [6.45, 7) is 5.04. The minimum absolute atomic E-state index is 0.0573. The van der Waals surface area contributed by atoms with Gasteiger partial charge in [0.1, 0.15) is 0 Å². The Morgan fingerprint density at radius 3 is 2.60 bits per heavy atom. The molecule has 0 aromatic carbocycles. The maximum absolute atomic E-state index is 12.5. The number of likely N-dealkylation sites (tertiary alicyclic amines) is 2. The van der Waals surface area contributed by atoms with Gasteiger partial charge in [0, 0.05) is 58.8 Å². The molecule has 2 aliphatic heterocycles. The molecule has 0 saturated carbocycles. The van der Waals surface area contributed by atoms with Crippen molar-refractivity contribution >= 4 is 5.91 Å². The number of nitrogens with zero attached hydrogens (tertiary/aromatic N) is 4. The summed E-state index contributed by atoms with van der Waals surface area (Å²) >= 11 is 0. The van der Waals surface area contributed by atoms with Gasteiger partial charge in [0.25, 0.3) is 5.91 Å². The van der Waals surface area contributed by atoms with Gasteiger partial charge in [0.2, 0.25) is 5.82 Å². The molecule has 1 spiro atoms. The van der Waals surface area contributed by atoms with Crippen molar-refractivity contribution in [3.8, 4) is 0 Å². The number of hydrogen-bond acceptors (Lipinski definition) is 6. The summed E-state index contributed by atoms with van der Waals surface area (Å²) in [5.41, 5.74) is 0.283. The fourth-order valence-corrected chi connectivity index (χ4v) is 4.18. The van der Waals surface area contributed by atoms with E-state index in [0.29, 0.717) is 11.9 Å². The van der Waals surface area contributed by atoms with Crippen molar-refractivity contribution in [1.29, 1.82) is 0 Å². The monoisotopic (exact) mass is 348 g/mol. The van der Waals surface area contributed by atoms with E-state index in [0.717, 1.165) is 58.7 Å². The van der Waals surface area contributed by atoms with Gasteiger partial charge in [-0.1, -0.05) is 0 Å². The van der Waals surface area contributed by atoms with Gasteiger partial charge >= 0.3 is 0 Å². The smallest absolute Gasteiger partial charge is 0.291 e. The first-order valence-corrected chi connectivity index (χ1v) is 8.96. The van der Waals surface area contributed by atoms with Crippen molar-refractivity contribution < 1.29 is 14.3 Å². The molecule has 25 heavy (non-hydrogen) atoms. The average molecular weight is 348 g/mol. The molecule has 0 bridgehead atoms. The second-order valence-corrected chi connectivity index (χ2v) is 7.14. The van der Waals surface area contributed by atoms with Crippen molar-refractivity contribution in [2.45, 2.75) is 25.3 Å². The number of carbonyl (C=O) groups excluding carboxylic acids is 1. The Labute approximate surface area is 149 Å². The van der Waals surface area contributed by atoms with Crippen LogP contribution in [0.2, 0.25) is 0 Å². The lowest BCUT2D eigenvalue weighted by molar-refractivity contribution is 0.0570. The van der Waals surface area contributed by atoms with Crippen molar-refractivity contribution in [2.75, 3.05) is 53.6 Å². The van der Waals surface area contributed by atoms with E-state index in [2.05, 4.69) is 14.9 Å². The van der Waals surface area contributed by atoms with Gasteiger partial charge in [0.15, 0.2) is 0 Å². The SMILES string of the molecule is COCCN1CC2(CCN(C(=O)c3ncccn3)CC2)CC1COC. The van der Waals surface area contributed by atoms with Crippen LogP contribution in [0.4, 0.5) is 0 Å².